The fourth-order valence-electron chi connectivity index (χ4n) is 3.73. The molecule has 0 fully saturated rings. The van der Waals surface area contributed by atoms with E-state index in [1.54, 1.807) is 37.3 Å². The first-order valence-corrected chi connectivity index (χ1v) is 10.2. The number of anilines is 1. The summed E-state index contributed by atoms with van der Waals surface area (Å²) in [5.41, 5.74) is 1.31. The number of aromatic nitrogens is 2. The number of benzene rings is 2. The van der Waals surface area contributed by atoms with Crippen molar-refractivity contribution in [3.8, 4) is 0 Å². The van der Waals surface area contributed by atoms with Crippen LogP contribution in [0.4, 0.5) is 19.0 Å². The van der Waals surface area contributed by atoms with Gasteiger partial charge in [0, 0.05) is 6.42 Å². The maximum Gasteiger partial charge on any atom is 0.410 e. The zero-order chi connectivity index (χ0) is 22.2. The molecular formula is C22H20ClF3N4O. The molecule has 0 saturated carbocycles. The van der Waals surface area contributed by atoms with Gasteiger partial charge in [0.05, 0.1) is 12.1 Å². The molecule has 0 saturated heterocycles. The minimum absolute atomic E-state index is 0.0124. The van der Waals surface area contributed by atoms with Crippen molar-refractivity contribution in [1.82, 2.24) is 15.1 Å². The number of rotatable bonds is 4. The number of carbonyl (C=O) groups excluding carboxylic acids is 1. The highest BCUT2D eigenvalue weighted by molar-refractivity contribution is 6.36. The third-order valence-corrected chi connectivity index (χ3v) is 5.72. The summed E-state index contributed by atoms with van der Waals surface area (Å²) in [5.74, 6) is -0.649. The Morgan fingerprint density at radius 2 is 1.77 bits per heavy atom. The van der Waals surface area contributed by atoms with Crippen LogP contribution in [0, 0.1) is 0 Å². The highest BCUT2D eigenvalue weighted by Crippen LogP contribution is 2.46. The van der Waals surface area contributed by atoms with Crippen molar-refractivity contribution in [2.75, 3.05) is 5.32 Å². The van der Waals surface area contributed by atoms with E-state index in [-0.39, 0.29) is 29.0 Å². The molecule has 0 unspecified atom stereocenters. The van der Waals surface area contributed by atoms with Crippen molar-refractivity contribution in [3.63, 3.8) is 0 Å². The van der Waals surface area contributed by atoms with E-state index in [1.165, 1.54) is 0 Å². The Balaban J connectivity index is 1.66. The van der Waals surface area contributed by atoms with Gasteiger partial charge in [-0.3, -0.25) is 4.79 Å². The van der Waals surface area contributed by atoms with Crippen molar-refractivity contribution in [1.29, 1.82) is 0 Å². The van der Waals surface area contributed by atoms with E-state index in [2.05, 4.69) is 15.7 Å². The van der Waals surface area contributed by atoms with Crippen LogP contribution in [0.5, 0.6) is 0 Å². The van der Waals surface area contributed by atoms with E-state index < -0.39 is 24.2 Å². The molecule has 1 amide bonds. The number of hydrogen-bond acceptors (Lipinski definition) is 3. The molecule has 0 radical (unpaired) electrons. The van der Waals surface area contributed by atoms with Crippen LogP contribution >= 0.6 is 11.6 Å². The summed E-state index contributed by atoms with van der Waals surface area (Å²) >= 11 is 6.36. The van der Waals surface area contributed by atoms with Crippen LogP contribution in [-0.2, 0) is 0 Å². The van der Waals surface area contributed by atoms with Gasteiger partial charge in [0.25, 0.3) is 5.91 Å². The second-order valence-corrected chi connectivity index (χ2v) is 7.84. The molecule has 2 aromatic carbocycles. The summed E-state index contributed by atoms with van der Waals surface area (Å²) in [5, 5.41) is 9.61. The maximum absolute atomic E-state index is 13.9. The summed E-state index contributed by atoms with van der Waals surface area (Å²) in [6, 6.07) is 15.1. The van der Waals surface area contributed by atoms with Gasteiger partial charge in [-0.1, -0.05) is 72.3 Å². The van der Waals surface area contributed by atoms with Crippen LogP contribution < -0.4 is 10.6 Å². The Morgan fingerprint density at radius 1 is 1.16 bits per heavy atom. The molecule has 4 rings (SSSR count). The summed E-state index contributed by atoms with van der Waals surface area (Å²) < 4.78 is 42.3. The fourth-order valence-corrected chi connectivity index (χ4v) is 3.99. The first-order chi connectivity index (χ1) is 14.8. The number of hydrogen-bond donors (Lipinski definition) is 2. The van der Waals surface area contributed by atoms with Crippen molar-refractivity contribution >= 4 is 23.3 Å². The van der Waals surface area contributed by atoms with E-state index >= 15 is 0 Å². The third-order valence-electron chi connectivity index (χ3n) is 5.36. The standard InChI is InChI=1S/C22H20ClF3N4O/c1-13(14-8-4-2-5-9-14)27-21(31)19-18(23)20-28-16(15-10-6-3-7-11-15)12-17(22(24,25)26)30(20)29-19/h2-11,13,16-17,28H,12H2,1H3,(H,27,31)/t13-,16-,17+/m1/s1. The minimum Gasteiger partial charge on any atom is -0.362 e. The van der Waals surface area contributed by atoms with Crippen molar-refractivity contribution in [3.05, 3.63) is 82.5 Å². The van der Waals surface area contributed by atoms with Gasteiger partial charge in [-0.2, -0.15) is 18.3 Å². The quantitative estimate of drug-likeness (QED) is 0.539. The molecular weight excluding hydrogens is 429 g/mol. The van der Waals surface area contributed by atoms with Gasteiger partial charge in [0.1, 0.15) is 10.8 Å². The zero-order valence-corrected chi connectivity index (χ0v) is 17.3. The Bertz CT molecular complexity index is 1070. The van der Waals surface area contributed by atoms with Crippen molar-refractivity contribution < 1.29 is 18.0 Å². The van der Waals surface area contributed by atoms with E-state index in [9.17, 15) is 18.0 Å². The number of amides is 1. The highest BCUT2D eigenvalue weighted by Gasteiger charge is 2.47. The fraction of sp³-hybridized carbons (Fsp3) is 0.273. The SMILES string of the molecule is C[C@@H](NC(=O)c1nn2c(c1Cl)N[C@@H](c1ccccc1)C[C@H]2C(F)(F)F)c1ccccc1. The number of fused-ring (bicyclic) bond motifs is 1. The molecule has 0 spiro atoms. The van der Waals surface area contributed by atoms with Gasteiger partial charge >= 0.3 is 6.18 Å². The Kier molecular flexibility index (Phi) is 5.66. The van der Waals surface area contributed by atoms with Crippen molar-refractivity contribution in [2.45, 2.75) is 37.6 Å². The number of nitrogens with zero attached hydrogens (tertiary/aromatic N) is 2. The molecule has 1 aromatic heterocycles. The molecule has 162 valence electrons. The molecule has 2 heterocycles. The first-order valence-electron chi connectivity index (χ1n) is 9.77. The summed E-state index contributed by atoms with van der Waals surface area (Å²) in [6.07, 6.45) is -4.82. The van der Waals surface area contributed by atoms with Crippen LogP contribution in [0.2, 0.25) is 5.02 Å². The largest absolute Gasteiger partial charge is 0.410 e. The second kappa shape index (κ2) is 8.26. The first kappa shape index (κ1) is 21.2. The molecule has 1 aliphatic heterocycles. The molecule has 31 heavy (non-hydrogen) atoms. The molecule has 0 aliphatic carbocycles. The number of carbonyl (C=O) groups is 1. The zero-order valence-electron chi connectivity index (χ0n) is 16.5. The maximum atomic E-state index is 13.9. The van der Waals surface area contributed by atoms with E-state index in [4.69, 9.17) is 11.6 Å². The smallest absolute Gasteiger partial charge is 0.362 e. The highest BCUT2D eigenvalue weighted by atomic mass is 35.5. The van der Waals surface area contributed by atoms with Crippen LogP contribution in [0.25, 0.3) is 0 Å². The molecule has 2 N–H and O–H groups in total. The normalized spacial score (nSPS) is 19.3. The van der Waals surface area contributed by atoms with Crippen molar-refractivity contribution in [2.24, 2.45) is 0 Å². The van der Waals surface area contributed by atoms with Gasteiger partial charge in [-0.15, -0.1) is 0 Å². The topological polar surface area (TPSA) is 59.0 Å². The Morgan fingerprint density at radius 3 is 2.39 bits per heavy atom. The summed E-state index contributed by atoms with van der Waals surface area (Å²) in [6.45, 7) is 1.78. The number of halogens is 4. The second-order valence-electron chi connectivity index (χ2n) is 7.46. The van der Waals surface area contributed by atoms with Gasteiger partial charge in [-0.25, -0.2) is 4.68 Å². The molecule has 0 bridgehead atoms. The Labute approximate surface area is 182 Å². The van der Waals surface area contributed by atoms with Gasteiger partial charge < -0.3 is 10.6 Å². The lowest BCUT2D eigenvalue weighted by molar-refractivity contribution is -0.173. The molecule has 3 atom stereocenters. The number of alkyl halides is 3. The summed E-state index contributed by atoms with van der Waals surface area (Å²) in [7, 11) is 0. The molecule has 9 heteroatoms. The lowest BCUT2D eigenvalue weighted by Crippen LogP contribution is -2.36. The van der Waals surface area contributed by atoms with E-state index in [1.807, 2.05) is 30.3 Å². The van der Waals surface area contributed by atoms with E-state index in [0.29, 0.717) is 5.56 Å². The van der Waals surface area contributed by atoms with E-state index in [0.717, 1.165) is 10.2 Å². The average Bonchev–Trinajstić information content (AvgIpc) is 3.10. The van der Waals surface area contributed by atoms with Crippen LogP contribution in [-0.4, -0.2) is 21.9 Å². The third kappa shape index (κ3) is 4.25. The van der Waals surface area contributed by atoms with Crippen LogP contribution in [0.3, 0.4) is 0 Å². The summed E-state index contributed by atoms with van der Waals surface area (Å²) in [4.78, 5) is 12.8. The molecule has 1 aliphatic rings. The van der Waals surface area contributed by atoms with Gasteiger partial charge in [0.2, 0.25) is 0 Å². The average molecular weight is 449 g/mol. The lowest BCUT2D eigenvalue weighted by Gasteiger charge is -2.33. The predicted molar refractivity (Wildman–Crippen MR) is 112 cm³/mol. The van der Waals surface area contributed by atoms with Gasteiger partial charge in [0.15, 0.2) is 11.7 Å². The minimum atomic E-state index is -4.55. The molecule has 3 aromatic rings. The Hall–Kier alpha value is -3.00. The van der Waals surface area contributed by atoms with Crippen LogP contribution in [0.15, 0.2) is 60.7 Å². The van der Waals surface area contributed by atoms with Crippen LogP contribution in [0.1, 0.15) is 53.1 Å². The predicted octanol–water partition coefficient (Wildman–Crippen LogP) is 5.69. The molecule has 5 nitrogen and oxygen atoms in total. The monoisotopic (exact) mass is 448 g/mol. The lowest BCUT2D eigenvalue weighted by atomic mass is 9.97. The number of nitrogens with one attached hydrogen (secondary N) is 2. The van der Waals surface area contributed by atoms with Gasteiger partial charge in [-0.05, 0) is 18.1 Å².